The lowest BCUT2D eigenvalue weighted by atomic mass is 10.7. The molecule has 74 valence electrons. The highest BCUT2D eigenvalue weighted by Crippen LogP contribution is 1.90. The summed E-state index contributed by atoms with van der Waals surface area (Å²) in [4.78, 5) is 0. The van der Waals surface area contributed by atoms with E-state index in [1.54, 1.807) is 0 Å². The summed E-state index contributed by atoms with van der Waals surface area (Å²) >= 11 is 4.09. The maximum atomic E-state index is 5.06. The Morgan fingerprint density at radius 2 is 1.50 bits per heavy atom. The van der Waals surface area contributed by atoms with Gasteiger partial charge in [-0.2, -0.15) is 0 Å². The summed E-state index contributed by atoms with van der Waals surface area (Å²) in [6.07, 6.45) is -0.0370. The molecule has 0 saturated heterocycles. The Morgan fingerprint density at radius 1 is 1.25 bits per heavy atom. The SMILES string of the molecule is CCOC(C)OCC.NC(N)=S. The van der Waals surface area contributed by atoms with Crippen molar-refractivity contribution in [3.8, 4) is 0 Å². The largest absolute Gasteiger partial charge is 0.377 e. The molecule has 0 aliphatic heterocycles. The topological polar surface area (TPSA) is 70.5 Å². The molecule has 0 spiro atoms. The van der Waals surface area contributed by atoms with Crippen molar-refractivity contribution >= 4 is 17.3 Å². The van der Waals surface area contributed by atoms with E-state index in [0.717, 1.165) is 13.2 Å². The molecule has 0 aromatic rings. The average Bonchev–Trinajstić information content (AvgIpc) is 1.87. The van der Waals surface area contributed by atoms with Crippen LogP contribution in [0.1, 0.15) is 20.8 Å². The lowest BCUT2D eigenvalue weighted by molar-refractivity contribution is -0.123. The minimum Gasteiger partial charge on any atom is -0.377 e. The normalized spacial score (nSPS) is 9.00. The molecule has 0 saturated carbocycles. The van der Waals surface area contributed by atoms with Crippen LogP contribution in [0, 0.1) is 0 Å². The van der Waals surface area contributed by atoms with E-state index >= 15 is 0 Å². The van der Waals surface area contributed by atoms with Crippen molar-refractivity contribution in [2.75, 3.05) is 13.2 Å². The minimum absolute atomic E-state index is 0.000000000000000222. The number of rotatable bonds is 4. The molecule has 0 rings (SSSR count). The van der Waals surface area contributed by atoms with Gasteiger partial charge in [0.15, 0.2) is 11.4 Å². The molecule has 0 fully saturated rings. The van der Waals surface area contributed by atoms with Crippen LogP contribution in [-0.2, 0) is 9.47 Å². The van der Waals surface area contributed by atoms with Crippen LogP contribution < -0.4 is 11.5 Å². The smallest absolute Gasteiger partial charge is 0.160 e. The van der Waals surface area contributed by atoms with Crippen LogP contribution in [-0.4, -0.2) is 24.6 Å². The molecule has 5 heteroatoms. The molecule has 0 heterocycles. The van der Waals surface area contributed by atoms with E-state index in [1.165, 1.54) is 0 Å². The first-order valence-corrected chi connectivity index (χ1v) is 4.23. The molecular formula is C7H18N2O2S. The number of nitrogens with two attached hydrogens (primary N) is 2. The molecule has 0 radical (unpaired) electrons. The van der Waals surface area contributed by atoms with Gasteiger partial charge in [0.2, 0.25) is 0 Å². The van der Waals surface area contributed by atoms with Gasteiger partial charge in [-0.1, -0.05) is 0 Å². The molecular weight excluding hydrogens is 176 g/mol. The highest BCUT2D eigenvalue weighted by atomic mass is 32.1. The van der Waals surface area contributed by atoms with Crippen molar-refractivity contribution in [3.63, 3.8) is 0 Å². The van der Waals surface area contributed by atoms with Gasteiger partial charge in [0.1, 0.15) is 0 Å². The van der Waals surface area contributed by atoms with Crippen LogP contribution in [0.15, 0.2) is 0 Å². The first-order chi connectivity index (χ1) is 5.54. The quantitative estimate of drug-likeness (QED) is 0.506. The third-order valence-corrected chi connectivity index (χ3v) is 0.803. The zero-order valence-corrected chi connectivity index (χ0v) is 8.69. The van der Waals surface area contributed by atoms with E-state index in [1.807, 2.05) is 20.8 Å². The fourth-order valence-electron chi connectivity index (χ4n) is 0.518. The van der Waals surface area contributed by atoms with E-state index < -0.39 is 0 Å². The minimum atomic E-state index is -0.0370. The van der Waals surface area contributed by atoms with Crippen LogP contribution >= 0.6 is 12.2 Å². The number of ether oxygens (including phenoxy) is 2. The van der Waals surface area contributed by atoms with Gasteiger partial charge in [-0.3, -0.25) is 0 Å². The summed E-state index contributed by atoms with van der Waals surface area (Å²) in [6, 6.07) is 0. The molecule has 0 aliphatic rings. The average molecular weight is 194 g/mol. The van der Waals surface area contributed by atoms with E-state index in [9.17, 15) is 0 Å². The van der Waals surface area contributed by atoms with Crippen LogP contribution in [0.2, 0.25) is 0 Å². The lowest BCUT2D eigenvalue weighted by Crippen LogP contribution is -2.18. The maximum Gasteiger partial charge on any atom is 0.160 e. The first-order valence-electron chi connectivity index (χ1n) is 3.82. The van der Waals surface area contributed by atoms with Crippen molar-refractivity contribution in [1.82, 2.24) is 0 Å². The maximum absolute atomic E-state index is 5.06. The van der Waals surface area contributed by atoms with Gasteiger partial charge in [-0.25, -0.2) is 0 Å². The Morgan fingerprint density at radius 3 is 1.67 bits per heavy atom. The van der Waals surface area contributed by atoms with Crippen molar-refractivity contribution in [2.24, 2.45) is 11.5 Å². The van der Waals surface area contributed by atoms with Crippen molar-refractivity contribution < 1.29 is 9.47 Å². The first kappa shape index (κ1) is 14.2. The molecule has 0 aromatic heterocycles. The lowest BCUT2D eigenvalue weighted by Gasteiger charge is -2.09. The highest BCUT2D eigenvalue weighted by Gasteiger charge is 1.94. The van der Waals surface area contributed by atoms with Crippen molar-refractivity contribution in [1.29, 1.82) is 0 Å². The van der Waals surface area contributed by atoms with Crippen molar-refractivity contribution in [2.45, 2.75) is 27.1 Å². The van der Waals surface area contributed by atoms with Gasteiger partial charge >= 0.3 is 0 Å². The van der Waals surface area contributed by atoms with Crippen LogP contribution in [0.25, 0.3) is 0 Å². The Kier molecular flexibility index (Phi) is 12.5. The van der Waals surface area contributed by atoms with Gasteiger partial charge < -0.3 is 20.9 Å². The summed E-state index contributed by atoms with van der Waals surface area (Å²) in [6.45, 7) is 7.25. The molecule has 0 bridgehead atoms. The standard InChI is InChI=1S/C6H14O2.CH4N2S/c1-4-7-6(3)8-5-2;2-1(3)4/h6H,4-5H2,1-3H3;(H4,2,3,4). The molecule has 0 unspecified atom stereocenters. The molecule has 4 N–H and O–H groups in total. The molecule has 0 aliphatic carbocycles. The highest BCUT2D eigenvalue weighted by molar-refractivity contribution is 7.80. The molecule has 0 amide bonds. The molecule has 12 heavy (non-hydrogen) atoms. The third-order valence-electron chi connectivity index (χ3n) is 0.803. The Hall–Kier alpha value is -0.390. The molecule has 4 nitrogen and oxygen atoms in total. The predicted molar refractivity (Wildman–Crippen MR) is 53.7 cm³/mol. The third kappa shape index (κ3) is 22.6. The second-order valence-corrected chi connectivity index (χ2v) is 2.35. The summed E-state index contributed by atoms with van der Waals surface area (Å²) < 4.78 is 10.1. The second-order valence-electron chi connectivity index (χ2n) is 1.88. The Bertz CT molecular complexity index is 102. The summed E-state index contributed by atoms with van der Waals surface area (Å²) in [5, 5.41) is 0.000000000000000222. The van der Waals surface area contributed by atoms with E-state index in [2.05, 4.69) is 23.7 Å². The Balaban J connectivity index is 0. The fraction of sp³-hybridized carbons (Fsp3) is 0.857. The zero-order chi connectivity index (χ0) is 9.98. The van der Waals surface area contributed by atoms with Gasteiger partial charge in [0.25, 0.3) is 0 Å². The summed E-state index contributed by atoms with van der Waals surface area (Å²) in [5.74, 6) is 0. The van der Waals surface area contributed by atoms with Crippen molar-refractivity contribution in [3.05, 3.63) is 0 Å². The second kappa shape index (κ2) is 10.6. The predicted octanol–water partition coefficient (Wildman–Crippen LogP) is 0.594. The van der Waals surface area contributed by atoms with Crippen LogP contribution in [0.4, 0.5) is 0 Å². The molecule has 0 aromatic carbocycles. The van der Waals surface area contributed by atoms with Crippen LogP contribution in [0.5, 0.6) is 0 Å². The fourth-order valence-corrected chi connectivity index (χ4v) is 0.518. The number of hydrogen-bond acceptors (Lipinski definition) is 3. The summed E-state index contributed by atoms with van der Waals surface area (Å²) in [7, 11) is 0. The van der Waals surface area contributed by atoms with Crippen LogP contribution in [0.3, 0.4) is 0 Å². The van der Waals surface area contributed by atoms with Gasteiger partial charge in [0.05, 0.1) is 0 Å². The monoisotopic (exact) mass is 194 g/mol. The van der Waals surface area contributed by atoms with E-state index in [4.69, 9.17) is 9.47 Å². The van der Waals surface area contributed by atoms with Gasteiger partial charge in [-0.15, -0.1) is 0 Å². The Labute approximate surface area is 79.2 Å². The van der Waals surface area contributed by atoms with Gasteiger partial charge in [0, 0.05) is 13.2 Å². The molecule has 0 atom stereocenters. The number of thiocarbonyl (C=S) groups is 1. The van der Waals surface area contributed by atoms with E-state index in [-0.39, 0.29) is 11.4 Å². The zero-order valence-electron chi connectivity index (χ0n) is 7.87. The summed E-state index contributed by atoms with van der Waals surface area (Å²) in [5.41, 5.74) is 9.24. The van der Waals surface area contributed by atoms with E-state index in [0.29, 0.717) is 0 Å². The number of hydrogen-bond donors (Lipinski definition) is 2. The van der Waals surface area contributed by atoms with Gasteiger partial charge in [-0.05, 0) is 33.0 Å².